The van der Waals surface area contributed by atoms with Gasteiger partial charge in [0.2, 0.25) is 5.91 Å². The van der Waals surface area contributed by atoms with Crippen molar-refractivity contribution >= 4 is 27.7 Å². The normalized spacial score (nSPS) is 10.7. The molecular formula is C15H18BrN3O2. The molecule has 2 rings (SSSR count). The van der Waals surface area contributed by atoms with Crippen molar-refractivity contribution in [1.82, 2.24) is 10.2 Å². The molecule has 2 aromatic rings. The monoisotopic (exact) mass is 351 g/mol. The van der Waals surface area contributed by atoms with E-state index in [0.717, 1.165) is 15.9 Å². The van der Waals surface area contributed by atoms with E-state index < -0.39 is 0 Å². The van der Waals surface area contributed by atoms with Crippen LogP contribution in [0.1, 0.15) is 31.9 Å². The zero-order valence-corrected chi connectivity index (χ0v) is 13.6. The summed E-state index contributed by atoms with van der Waals surface area (Å²) >= 11 is 3.36. The van der Waals surface area contributed by atoms with Gasteiger partial charge in [0.1, 0.15) is 5.75 Å². The maximum absolute atomic E-state index is 11.8. The van der Waals surface area contributed by atoms with Crippen LogP contribution in [0.2, 0.25) is 0 Å². The number of ether oxygens (including phenoxy) is 1. The van der Waals surface area contributed by atoms with Crippen molar-refractivity contribution < 1.29 is 9.53 Å². The smallest absolute Gasteiger partial charge is 0.229 e. The van der Waals surface area contributed by atoms with Crippen LogP contribution in [-0.4, -0.2) is 22.7 Å². The highest BCUT2D eigenvalue weighted by molar-refractivity contribution is 9.10. The van der Waals surface area contributed by atoms with Gasteiger partial charge in [-0.05, 0) is 30.2 Å². The van der Waals surface area contributed by atoms with Crippen molar-refractivity contribution in [1.29, 1.82) is 0 Å². The number of carbonyl (C=O) groups excluding carboxylic acids is 1. The number of nitrogens with zero attached hydrogens (tertiary/aromatic N) is 1. The topological polar surface area (TPSA) is 67.0 Å². The molecule has 1 aromatic heterocycles. The molecule has 1 heterocycles. The van der Waals surface area contributed by atoms with Gasteiger partial charge in [-0.1, -0.05) is 29.8 Å². The van der Waals surface area contributed by atoms with E-state index in [0.29, 0.717) is 18.3 Å². The first kappa shape index (κ1) is 15.6. The maximum atomic E-state index is 11.8. The number of hydrogen-bond donors (Lipinski definition) is 2. The first-order chi connectivity index (χ1) is 10.0. The van der Waals surface area contributed by atoms with Crippen LogP contribution < -0.4 is 10.1 Å². The summed E-state index contributed by atoms with van der Waals surface area (Å²) in [6.45, 7) is 4.45. The van der Waals surface area contributed by atoms with Crippen LogP contribution in [0.4, 0.5) is 5.82 Å². The van der Waals surface area contributed by atoms with Crippen LogP contribution >= 0.6 is 15.9 Å². The van der Waals surface area contributed by atoms with Gasteiger partial charge in [0, 0.05) is 16.2 Å². The number of amides is 1. The van der Waals surface area contributed by atoms with Crippen LogP contribution in [0.3, 0.4) is 0 Å². The molecular weight excluding hydrogens is 334 g/mol. The summed E-state index contributed by atoms with van der Waals surface area (Å²) in [4.78, 5) is 11.8. The fraction of sp³-hybridized carbons (Fsp3) is 0.333. The van der Waals surface area contributed by atoms with Gasteiger partial charge in [0.05, 0.1) is 13.0 Å². The number of benzene rings is 1. The maximum Gasteiger partial charge on any atom is 0.229 e. The van der Waals surface area contributed by atoms with Gasteiger partial charge in [-0.3, -0.25) is 9.89 Å². The molecule has 21 heavy (non-hydrogen) atoms. The van der Waals surface area contributed by atoms with E-state index in [2.05, 4.69) is 45.3 Å². The lowest BCUT2D eigenvalue weighted by molar-refractivity contribution is -0.116. The molecule has 0 saturated heterocycles. The molecule has 0 aliphatic heterocycles. The van der Waals surface area contributed by atoms with Gasteiger partial charge in [0.15, 0.2) is 5.82 Å². The zero-order valence-electron chi connectivity index (χ0n) is 12.0. The van der Waals surface area contributed by atoms with Crippen LogP contribution in [0, 0.1) is 0 Å². The Labute approximate surface area is 132 Å². The number of aromatic amines is 1. The van der Waals surface area contributed by atoms with E-state index in [9.17, 15) is 4.79 Å². The van der Waals surface area contributed by atoms with Gasteiger partial charge >= 0.3 is 0 Å². The number of anilines is 1. The highest BCUT2D eigenvalue weighted by Gasteiger charge is 2.08. The molecule has 0 fully saturated rings. The first-order valence-electron chi connectivity index (χ1n) is 6.78. The molecule has 0 unspecified atom stereocenters. The predicted molar refractivity (Wildman–Crippen MR) is 85.6 cm³/mol. The van der Waals surface area contributed by atoms with E-state index in [1.165, 1.54) is 0 Å². The molecule has 6 heteroatoms. The molecule has 0 spiro atoms. The lowest BCUT2D eigenvalue weighted by atomic mass is 10.1. The second kappa shape index (κ2) is 7.26. The SMILES string of the molecule is CC(C)c1cc(NC(=O)CCOc2ccc(Br)cc2)n[nH]1. The van der Waals surface area contributed by atoms with Gasteiger partial charge in [0.25, 0.3) is 0 Å². The minimum absolute atomic E-state index is 0.117. The molecule has 0 atom stereocenters. The van der Waals surface area contributed by atoms with Crippen molar-refractivity contribution in [2.45, 2.75) is 26.2 Å². The minimum atomic E-state index is -0.117. The number of H-pyrrole nitrogens is 1. The second-order valence-corrected chi connectivity index (χ2v) is 5.88. The average Bonchev–Trinajstić information content (AvgIpc) is 2.90. The Bertz CT molecular complexity index is 593. The molecule has 2 N–H and O–H groups in total. The lowest BCUT2D eigenvalue weighted by Gasteiger charge is -2.06. The van der Waals surface area contributed by atoms with Crippen molar-refractivity contribution in [3.8, 4) is 5.75 Å². The molecule has 0 aliphatic rings. The Morgan fingerprint density at radius 2 is 2.10 bits per heavy atom. The standard InChI is InChI=1S/C15H18BrN3O2/c1-10(2)13-9-14(19-18-13)17-15(20)7-8-21-12-5-3-11(16)4-6-12/h3-6,9-10H,7-8H2,1-2H3,(H2,17,18,19,20). The van der Waals surface area contributed by atoms with Crippen molar-refractivity contribution in [3.63, 3.8) is 0 Å². The number of aromatic nitrogens is 2. The van der Waals surface area contributed by atoms with Crippen LogP contribution in [0.5, 0.6) is 5.75 Å². The van der Waals surface area contributed by atoms with Gasteiger partial charge in [-0.15, -0.1) is 0 Å². The molecule has 5 nitrogen and oxygen atoms in total. The van der Waals surface area contributed by atoms with E-state index in [-0.39, 0.29) is 12.3 Å². The largest absolute Gasteiger partial charge is 0.493 e. The zero-order chi connectivity index (χ0) is 15.2. The van der Waals surface area contributed by atoms with Gasteiger partial charge in [-0.25, -0.2) is 0 Å². The van der Waals surface area contributed by atoms with E-state index >= 15 is 0 Å². The Kier molecular flexibility index (Phi) is 5.38. The summed E-state index contributed by atoms with van der Waals surface area (Å²) in [5.74, 6) is 1.53. The third kappa shape index (κ3) is 4.90. The molecule has 0 bridgehead atoms. The number of halogens is 1. The molecule has 1 aromatic carbocycles. The van der Waals surface area contributed by atoms with Crippen molar-refractivity contribution in [2.75, 3.05) is 11.9 Å². The minimum Gasteiger partial charge on any atom is -0.493 e. The Hall–Kier alpha value is -1.82. The number of rotatable bonds is 6. The van der Waals surface area contributed by atoms with Crippen LogP contribution in [-0.2, 0) is 4.79 Å². The molecule has 0 aliphatic carbocycles. The number of nitrogens with one attached hydrogen (secondary N) is 2. The predicted octanol–water partition coefficient (Wildman–Crippen LogP) is 3.70. The van der Waals surface area contributed by atoms with Gasteiger partial charge in [-0.2, -0.15) is 5.10 Å². The third-order valence-corrected chi connectivity index (χ3v) is 3.43. The Morgan fingerprint density at radius 1 is 1.38 bits per heavy atom. The average molecular weight is 352 g/mol. The second-order valence-electron chi connectivity index (χ2n) is 4.96. The summed E-state index contributed by atoms with van der Waals surface area (Å²) in [5.41, 5.74) is 0.997. The van der Waals surface area contributed by atoms with Crippen LogP contribution in [0.25, 0.3) is 0 Å². The molecule has 0 radical (unpaired) electrons. The number of hydrogen-bond acceptors (Lipinski definition) is 3. The Balaban J connectivity index is 1.75. The summed E-state index contributed by atoms with van der Waals surface area (Å²) in [6.07, 6.45) is 0.278. The van der Waals surface area contributed by atoms with E-state index in [1.54, 1.807) is 0 Å². The molecule has 1 amide bonds. The lowest BCUT2D eigenvalue weighted by Crippen LogP contribution is -2.15. The summed E-state index contributed by atoms with van der Waals surface area (Å²) < 4.78 is 6.50. The summed E-state index contributed by atoms with van der Waals surface area (Å²) in [6, 6.07) is 9.34. The fourth-order valence-corrected chi connectivity index (χ4v) is 1.96. The van der Waals surface area contributed by atoms with Crippen LogP contribution in [0.15, 0.2) is 34.8 Å². The van der Waals surface area contributed by atoms with E-state index in [1.807, 2.05) is 30.3 Å². The fourth-order valence-electron chi connectivity index (χ4n) is 1.69. The highest BCUT2D eigenvalue weighted by atomic mass is 79.9. The summed E-state index contributed by atoms with van der Waals surface area (Å²) in [5, 5.41) is 9.69. The molecule has 112 valence electrons. The quantitative estimate of drug-likeness (QED) is 0.833. The van der Waals surface area contributed by atoms with E-state index in [4.69, 9.17) is 4.74 Å². The van der Waals surface area contributed by atoms with Gasteiger partial charge < -0.3 is 10.1 Å². The molecule has 0 saturated carbocycles. The van der Waals surface area contributed by atoms with Crippen molar-refractivity contribution in [2.24, 2.45) is 0 Å². The first-order valence-corrected chi connectivity index (χ1v) is 7.57. The van der Waals surface area contributed by atoms with Crippen molar-refractivity contribution in [3.05, 3.63) is 40.5 Å². The highest BCUT2D eigenvalue weighted by Crippen LogP contribution is 2.17. The number of carbonyl (C=O) groups is 1. The summed E-state index contributed by atoms with van der Waals surface area (Å²) in [7, 11) is 0. The Morgan fingerprint density at radius 3 is 2.71 bits per heavy atom. The third-order valence-electron chi connectivity index (χ3n) is 2.90.